The van der Waals surface area contributed by atoms with Crippen molar-refractivity contribution in [3.05, 3.63) is 47.8 Å². The largest absolute Gasteiger partial charge is 0.395 e. The highest BCUT2D eigenvalue weighted by molar-refractivity contribution is 5.76. The molecule has 9 heteroatoms. The molecule has 0 aliphatic carbocycles. The molecule has 9 nitrogen and oxygen atoms in total. The van der Waals surface area contributed by atoms with Crippen LogP contribution in [0, 0.1) is 11.3 Å². The zero-order valence-electron chi connectivity index (χ0n) is 17.9. The molecule has 0 bridgehead atoms. The molecule has 4 rings (SSSR count). The number of fused-ring (bicyclic) bond motifs is 1. The van der Waals surface area contributed by atoms with Crippen LogP contribution < -0.4 is 10.6 Å². The molecule has 0 fully saturated rings. The number of aliphatic hydroxyl groups excluding tert-OH is 1. The van der Waals surface area contributed by atoms with Crippen LogP contribution >= 0.6 is 0 Å². The first-order chi connectivity index (χ1) is 14.9. The maximum absolute atomic E-state index is 9.77. The van der Waals surface area contributed by atoms with Gasteiger partial charge in [0.2, 0.25) is 5.95 Å². The number of likely N-dealkylation sites (N-methyl/N-ethyl adjacent to an activating group) is 1. The molecule has 0 radical (unpaired) electrons. The lowest BCUT2D eigenvalue weighted by Crippen LogP contribution is -2.39. The summed E-state index contributed by atoms with van der Waals surface area (Å²) < 4.78 is 1.70. The molecule has 3 heterocycles. The summed E-state index contributed by atoms with van der Waals surface area (Å²) in [5.41, 5.74) is 3.96. The number of hydrogen-bond acceptors (Lipinski definition) is 8. The lowest BCUT2D eigenvalue weighted by Gasteiger charge is -2.30. The zero-order chi connectivity index (χ0) is 22.0. The second kappa shape index (κ2) is 8.34. The van der Waals surface area contributed by atoms with E-state index in [1.54, 1.807) is 10.9 Å². The van der Waals surface area contributed by atoms with E-state index in [1.807, 2.05) is 38.5 Å². The fraction of sp³-hybridized carbons (Fsp3) is 0.364. The van der Waals surface area contributed by atoms with Gasteiger partial charge in [0.15, 0.2) is 5.82 Å². The van der Waals surface area contributed by atoms with Crippen molar-refractivity contribution in [1.82, 2.24) is 24.6 Å². The molecule has 160 valence electrons. The van der Waals surface area contributed by atoms with Crippen molar-refractivity contribution in [2.24, 2.45) is 7.05 Å². The predicted molar refractivity (Wildman–Crippen MR) is 119 cm³/mol. The summed E-state index contributed by atoms with van der Waals surface area (Å²) in [4.78, 5) is 11.0. The van der Waals surface area contributed by atoms with Gasteiger partial charge in [-0.25, -0.2) is 9.97 Å². The van der Waals surface area contributed by atoms with E-state index in [0.717, 1.165) is 35.6 Å². The quantitative estimate of drug-likeness (QED) is 0.534. The molecular formula is C22H26N8O. The first-order valence-corrected chi connectivity index (χ1v) is 10.1. The summed E-state index contributed by atoms with van der Waals surface area (Å²) >= 11 is 0. The van der Waals surface area contributed by atoms with E-state index in [9.17, 15) is 10.4 Å². The van der Waals surface area contributed by atoms with Crippen LogP contribution in [0.1, 0.15) is 18.1 Å². The molecule has 0 amide bonds. The van der Waals surface area contributed by atoms with Crippen LogP contribution in [0.2, 0.25) is 0 Å². The summed E-state index contributed by atoms with van der Waals surface area (Å²) in [5, 5.41) is 29.9. The first kappa shape index (κ1) is 20.8. The molecule has 0 saturated heterocycles. The van der Waals surface area contributed by atoms with Gasteiger partial charge < -0.3 is 20.6 Å². The number of anilines is 3. The monoisotopic (exact) mass is 418 g/mol. The minimum atomic E-state index is -0.192. The van der Waals surface area contributed by atoms with Crippen molar-refractivity contribution >= 4 is 17.5 Å². The van der Waals surface area contributed by atoms with Gasteiger partial charge in [-0.1, -0.05) is 6.92 Å². The highest BCUT2D eigenvalue weighted by atomic mass is 16.3. The second-order valence-electron chi connectivity index (χ2n) is 8.20. The molecule has 0 spiro atoms. The third-order valence-electron chi connectivity index (χ3n) is 5.57. The van der Waals surface area contributed by atoms with E-state index in [4.69, 9.17) is 0 Å². The Morgan fingerprint density at radius 3 is 2.94 bits per heavy atom. The van der Waals surface area contributed by atoms with E-state index in [0.29, 0.717) is 23.9 Å². The van der Waals surface area contributed by atoms with Crippen LogP contribution in [0.5, 0.6) is 0 Å². The summed E-state index contributed by atoms with van der Waals surface area (Å²) in [5.74, 6) is 1.11. The van der Waals surface area contributed by atoms with E-state index >= 15 is 0 Å². The Morgan fingerprint density at radius 2 is 2.23 bits per heavy atom. The van der Waals surface area contributed by atoms with Crippen LogP contribution in [-0.4, -0.2) is 63.0 Å². The Balaban J connectivity index is 1.70. The normalized spacial score (nSPS) is 17.3. The van der Waals surface area contributed by atoms with Gasteiger partial charge in [-0.05, 0) is 30.8 Å². The van der Waals surface area contributed by atoms with Gasteiger partial charge in [0.25, 0.3) is 0 Å². The topological polar surface area (TPSA) is 115 Å². The number of aromatic nitrogens is 4. The SMILES string of the molecule is CN(CCO)C[C@]1(C)CNc2c(C#N)cc(-c3ccnc(Nc4ccn(C)n4)n3)cc21. The predicted octanol–water partition coefficient (Wildman–Crippen LogP) is 2.10. The van der Waals surface area contributed by atoms with Gasteiger partial charge in [0.1, 0.15) is 6.07 Å². The first-order valence-electron chi connectivity index (χ1n) is 10.1. The number of rotatable bonds is 7. The van der Waals surface area contributed by atoms with Gasteiger partial charge in [-0.15, -0.1) is 0 Å². The van der Waals surface area contributed by atoms with Crippen LogP contribution in [0.4, 0.5) is 17.5 Å². The molecular weight excluding hydrogens is 392 g/mol. The molecule has 3 aromatic rings. The van der Waals surface area contributed by atoms with Crippen molar-refractivity contribution < 1.29 is 5.11 Å². The van der Waals surface area contributed by atoms with Crippen LogP contribution in [0.25, 0.3) is 11.3 Å². The number of nitrogens with one attached hydrogen (secondary N) is 2. The lowest BCUT2D eigenvalue weighted by molar-refractivity contribution is 0.198. The smallest absolute Gasteiger partial charge is 0.228 e. The summed E-state index contributed by atoms with van der Waals surface area (Å²) in [6.45, 7) is 4.39. The molecule has 1 aromatic carbocycles. The highest BCUT2D eigenvalue weighted by Crippen LogP contribution is 2.41. The summed E-state index contributed by atoms with van der Waals surface area (Å²) in [7, 11) is 3.84. The van der Waals surface area contributed by atoms with Gasteiger partial charge >= 0.3 is 0 Å². The van der Waals surface area contributed by atoms with Crippen molar-refractivity contribution in [3.8, 4) is 17.3 Å². The van der Waals surface area contributed by atoms with Gasteiger partial charge in [-0.3, -0.25) is 4.68 Å². The van der Waals surface area contributed by atoms with Gasteiger partial charge in [0.05, 0.1) is 23.6 Å². The molecule has 2 aromatic heterocycles. The maximum atomic E-state index is 9.77. The van der Waals surface area contributed by atoms with Crippen LogP contribution in [0.3, 0.4) is 0 Å². The van der Waals surface area contributed by atoms with Crippen LogP contribution in [-0.2, 0) is 12.5 Å². The van der Waals surface area contributed by atoms with Crippen molar-refractivity contribution in [2.45, 2.75) is 12.3 Å². The minimum absolute atomic E-state index is 0.114. The average molecular weight is 419 g/mol. The zero-order valence-corrected chi connectivity index (χ0v) is 17.9. The van der Waals surface area contributed by atoms with E-state index in [2.05, 4.69) is 49.7 Å². The molecule has 1 atom stereocenters. The highest BCUT2D eigenvalue weighted by Gasteiger charge is 2.37. The summed E-state index contributed by atoms with van der Waals surface area (Å²) in [6.07, 6.45) is 3.53. The number of aliphatic hydroxyl groups is 1. The Morgan fingerprint density at radius 1 is 1.39 bits per heavy atom. The number of benzene rings is 1. The average Bonchev–Trinajstić information content (AvgIpc) is 3.30. The molecule has 3 N–H and O–H groups in total. The molecule has 1 aliphatic heterocycles. The Hall–Kier alpha value is -3.48. The Labute approximate surface area is 181 Å². The van der Waals surface area contributed by atoms with E-state index < -0.39 is 0 Å². The van der Waals surface area contributed by atoms with E-state index in [-0.39, 0.29) is 12.0 Å². The summed E-state index contributed by atoms with van der Waals surface area (Å²) in [6, 6.07) is 9.98. The fourth-order valence-corrected chi connectivity index (χ4v) is 4.09. The lowest BCUT2D eigenvalue weighted by atomic mass is 9.82. The van der Waals surface area contributed by atoms with Gasteiger partial charge in [0, 0.05) is 56.1 Å². The molecule has 0 unspecified atom stereocenters. The molecule has 31 heavy (non-hydrogen) atoms. The third-order valence-corrected chi connectivity index (χ3v) is 5.57. The molecule has 1 aliphatic rings. The standard InChI is InChI=1S/C22H26N8O/c1-22(14-29(2)8-9-31)13-25-20-16(12-23)10-15(11-17(20)22)18-4-6-24-21(26-18)27-19-5-7-30(3)28-19/h4-7,10-11,25,31H,8-9,13-14H2,1-3H3,(H,24,26,27,28)/t22-/m0/s1. The maximum Gasteiger partial charge on any atom is 0.228 e. The fourth-order valence-electron chi connectivity index (χ4n) is 4.09. The van der Waals surface area contributed by atoms with Crippen molar-refractivity contribution in [3.63, 3.8) is 0 Å². The van der Waals surface area contributed by atoms with Crippen LogP contribution in [0.15, 0.2) is 36.7 Å². The number of nitriles is 1. The minimum Gasteiger partial charge on any atom is -0.395 e. The van der Waals surface area contributed by atoms with Crippen molar-refractivity contribution in [2.75, 3.05) is 43.9 Å². The molecule has 0 saturated carbocycles. The Kier molecular flexibility index (Phi) is 5.59. The Bertz CT molecular complexity index is 1130. The number of aryl methyl sites for hydroxylation is 1. The number of hydrogen-bond donors (Lipinski definition) is 3. The van der Waals surface area contributed by atoms with Gasteiger partial charge in [-0.2, -0.15) is 10.4 Å². The van der Waals surface area contributed by atoms with E-state index in [1.165, 1.54) is 0 Å². The second-order valence-corrected chi connectivity index (χ2v) is 8.20. The third kappa shape index (κ3) is 4.21. The van der Waals surface area contributed by atoms with Crippen molar-refractivity contribution in [1.29, 1.82) is 5.26 Å². The number of nitrogens with zero attached hydrogens (tertiary/aromatic N) is 6.